The van der Waals surface area contributed by atoms with E-state index < -0.39 is 0 Å². The summed E-state index contributed by atoms with van der Waals surface area (Å²) in [6.45, 7) is 5.22. The fourth-order valence-corrected chi connectivity index (χ4v) is 3.16. The molecule has 1 aromatic carbocycles. The summed E-state index contributed by atoms with van der Waals surface area (Å²) in [5.41, 5.74) is 1.22. The fraction of sp³-hybridized carbons (Fsp3) is 0.429. The van der Waals surface area contributed by atoms with Crippen molar-refractivity contribution in [2.75, 3.05) is 58.7 Å². The molecule has 2 heterocycles. The van der Waals surface area contributed by atoms with Gasteiger partial charge in [-0.2, -0.15) is 0 Å². The number of nitrogens with one attached hydrogen (secondary N) is 1. The van der Waals surface area contributed by atoms with Crippen LogP contribution >= 0.6 is 0 Å². The normalized spacial score (nSPS) is 14.2. The van der Waals surface area contributed by atoms with Gasteiger partial charge in [-0.25, -0.2) is 9.97 Å². The molecule has 0 bridgehead atoms. The summed E-state index contributed by atoms with van der Waals surface area (Å²) in [6, 6.07) is 11.4. The Labute approximate surface area is 171 Å². The lowest BCUT2D eigenvalue weighted by Crippen LogP contribution is -2.50. The van der Waals surface area contributed by atoms with Crippen LogP contribution in [0.3, 0.4) is 0 Å². The summed E-state index contributed by atoms with van der Waals surface area (Å²) >= 11 is 0. The van der Waals surface area contributed by atoms with E-state index in [1.165, 1.54) is 0 Å². The number of likely N-dealkylation sites (N-methyl/N-ethyl adjacent to an activating group) is 1. The summed E-state index contributed by atoms with van der Waals surface area (Å²) in [4.78, 5) is 39.3. The van der Waals surface area contributed by atoms with Gasteiger partial charge >= 0.3 is 0 Å². The number of carbonyl (C=O) groups is 2. The molecule has 29 heavy (non-hydrogen) atoms. The van der Waals surface area contributed by atoms with Gasteiger partial charge in [0.2, 0.25) is 5.91 Å². The Hall–Kier alpha value is -3.00. The molecule has 1 fully saturated rings. The van der Waals surface area contributed by atoms with Crippen molar-refractivity contribution in [3.8, 4) is 11.4 Å². The third-order valence-corrected chi connectivity index (χ3v) is 4.85. The number of piperazine rings is 1. The van der Waals surface area contributed by atoms with E-state index >= 15 is 0 Å². The number of aromatic nitrogens is 2. The van der Waals surface area contributed by atoms with Gasteiger partial charge in [-0.1, -0.05) is 30.3 Å². The molecule has 1 aliphatic rings. The van der Waals surface area contributed by atoms with Crippen molar-refractivity contribution < 1.29 is 9.59 Å². The molecular weight excluding hydrogens is 368 g/mol. The van der Waals surface area contributed by atoms with Crippen molar-refractivity contribution in [1.29, 1.82) is 0 Å². The molecule has 8 nitrogen and oxygen atoms in total. The molecule has 1 aromatic heterocycles. The number of benzene rings is 1. The van der Waals surface area contributed by atoms with E-state index in [0.29, 0.717) is 50.1 Å². The molecule has 2 aromatic rings. The summed E-state index contributed by atoms with van der Waals surface area (Å²) in [5.74, 6) is 1.05. The van der Waals surface area contributed by atoms with Crippen LogP contribution in [0.2, 0.25) is 0 Å². The minimum Gasteiger partial charge on any atom is -0.369 e. The first kappa shape index (κ1) is 20.7. The third kappa shape index (κ3) is 5.51. The van der Waals surface area contributed by atoms with Gasteiger partial charge in [0.1, 0.15) is 11.5 Å². The number of carbonyl (C=O) groups excluding carboxylic acids is 2. The first-order valence-electron chi connectivity index (χ1n) is 9.82. The minimum absolute atomic E-state index is 0.0397. The standard InChI is InChI=1S/C21H28N6O2/c1-16(28)26-11-13-27(14-12-26)21(29)18-15-19(22-9-10-25(2)3)24-20(23-18)17-7-5-4-6-8-17/h4-8,15H,9-14H2,1-3H3,(H,22,23,24). The second-order valence-corrected chi connectivity index (χ2v) is 7.36. The zero-order valence-electron chi connectivity index (χ0n) is 17.3. The average molecular weight is 396 g/mol. The molecule has 1 N–H and O–H groups in total. The van der Waals surface area contributed by atoms with Crippen LogP contribution in [0.25, 0.3) is 11.4 Å². The number of rotatable bonds is 6. The lowest BCUT2D eigenvalue weighted by Gasteiger charge is -2.34. The van der Waals surface area contributed by atoms with Crippen molar-refractivity contribution >= 4 is 17.6 Å². The summed E-state index contributed by atoms with van der Waals surface area (Å²) in [5, 5.41) is 3.29. The van der Waals surface area contributed by atoms with Crippen molar-refractivity contribution in [2.45, 2.75) is 6.92 Å². The van der Waals surface area contributed by atoms with Gasteiger partial charge in [0.05, 0.1) is 0 Å². The number of nitrogens with zero attached hydrogens (tertiary/aromatic N) is 5. The van der Waals surface area contributed by atoms with Crippen LogP contribution in [0.15, 0.2) is 36.4 Å². The SMILES string of the molecule is CC(=O)N1CCN(C(=O)c2cc(NCCN(C)C)nc(-c3ccccc3)n2)CC1. The van der Waals surface area contributed by atoms with Crippen LogP contribution in [0.1, 0.15) is 17.4 Å². The van der Waals surface area contributed by atoms with E-state index in [2.05, 4.69) is 20.2 Å². The maximum absolute atomic E-state index is 13.1. The second kappa shape index (κ2) is 9.47. The molecule has 0 unspecified atom stereocenters. The zero-order valence-corrected chi connectivity index (χ0v) is 17.3. The fourth-order valence-electron chi connectivity index (χ4n) is 3.16. The molecule has 0 spiro atoms. The molecule has 1 aliphatic heterocycles. The van der Waals surface area contributed by atoms with Gasteiger partial charge in [-0.15, -0.1) is 0 Å². The van der Waals surface area contributed by atoms with Gasteiger partial charge in [0.25, 0.3) is 5.91 Å². The van der Waals surface area contributed by atoms with Crippen LogP contribution in [0.4, 0.5) is 5.82 Å². The Morgan fingerprint density at radius 2 is 1.69 bits per heavy atom. The monoisotopic (exact) mass is 396 g/mol. The van der Waals surface area contributed by atoms with E-state index in [0.717, 1.165) is 12.1 Å². The first-order chi connectivity index (χ1) is 13.9. The van der Waals surface area contributed by atoms with E-state index in [4.69, 9.17) is 0 Å². The van der Waals surface area contributed by atoms with E-state index in [-0.39, 0.29) is 11.8 Å². The molecule has 2 amide bonds. The highest BCUT2D eigenvalue weighted by molar-refractivity contribution is 5.93. The van der Waals surface area contributed by atoms with Gasteiger partial charge < -0.3 is 20.0 Å². The summed E-state index contributed by atoms with van der Waals surface area (Å²) in [6.07, 6.45) is 0. The lowest BCUT2D eigenvalue weighted by atomic mass is 10.2. The van der Waals surface area contributed by atoms with Crippen molar-refractivity contribution in [3.05, 3.63) is 42.1 Å². The van der Waals surface area contributed by atoms with Crippen LogP contribution in [-0.2, 0) is 4.79 Å². The number of anilines is 1. The van der Waals surface area contributed by atoms with Gasteiger partial charge in [0.15, 0.2) is 5.82 Å². The summed E-state index contributed by atoms with van der Waals surface area (Å²) in [7, 11) is 4.01. The highest BCUT2D eigenvalue weighted by Crippen LogP contribution is 2.19. The number of hydrogen-bond donors (Lipinski definition) is 1. The van der Waals surface area contributed by atoms with E-state index in [9.17, 15) is 9.59 Å². The Balaban J connectivity index is 1.82. The maximum atomic E-state index is 13.1. The molecule has 8 heteroatoms. The quantitative estimate of drug-likeness (QED) is 0.795. The number of amides is 2. The molecule has 0 saturated carbocycles. The third-order valence-electron chi connectivity index (χ3n) is 4.85. The van der Waals surface area contributed by atoms with Crippen molar-refractivity contribution in [3.63, 3.8) is 0 Å². The molecule has 3 rings (SSSR count). The smallest absolute Gasteiger partial charge is 0.272 e. The van der Waals surface area contributed by atoms with E-state index in [1.807, 2.05) is 44.4 Å². The lowest BCUT2D eigenvalue weighted by molar-refractivity contribution is -0.130. The van der Waals surface area contributed by atoms with E-state index in [1.54, 1.807) is 22.8 Å². The zero-order chi connectivity index (χ0) is 20.8. The molecular formula is C21H28N6O2. The molecule has 0 aliphatic carbocycles. The Bertz CT molecular complexity index is 848. The topological polar surface area (TPSA) is 81.7 Å². The predicted molar refractivity (Wildman–Crippen MR) is 113 cm³/mol. The number of hydrogen-bond acceptors (Lipinski definition) is 6. The van der Waals surface area contributed by atoms with Crippen LogP contribution in [0.5, 0.6) is 0 Å². The van der Waals surface area contributed by atoms with Gasteiger partial charge in [-0.05, 0) is 14.1 Å². The van der Waals surface area contributed by atoms with Crippen LogP contribution in [0, 0.1) is 0 Å². The van der Waals surface area contributed by atoms with Crippen LogP contribution < -0.4 is 5.32 Å². The van der Waals surface area contributed by atoms with Gasteiger partial charge in [0, 0.05) is 57.8 Å². The largest absolute Gasteiger partial charge is 0.369 e. The van der Waals surface area contributed by atoms with Crippen LogP contribution in [-0.4, -0.2) is 89.8 Å². The maximum Gasteiger partial charge on any atom is 0.272 e. The average Bonchev–Trinajstić information content (AvgIpc) is 2.73. The predicted octanol–water partition coefficient (Wildman–Crippen LogP) is 1.42. The highest BCUT2D eigenvalue weighted by Gasteiger charge is 2.25. The molecule has 0 atom stereocenters. The molecule has 154 valence electrons. The Morgan fingerprint density at radius 1 is 1.03 bits per heavy atom. The second-order valence-electron chi connectivity index (χ2n) is 7.36. The highest BCUT2D eigenvalue weighted by atomic mass is 16.2. The van der Waals surface area contributed by atoms with Crippen molar-refractivity contribution in [2.24, 2.45) is 0 Å². The Kier molecular flexibility index (Phi) is 6.77. The molecule has 0 radical (unpaired) electrons. The minimum atomic E-state index is -0.136. The van der Waals surface area contributed by atoms with Crippen molar-refractivity contribution in [1.82, 2.24) is 24.7 Å². The Morgan fingerprint density at radius 3 is 2.31 bits per heavy atom. The van der Waals surface area contributed by atoms with Gasteiger partial charge in [-0.3, -0.25) is 9.59 Å². The first-order valence-corrected chi connectivity index (χ1v) is 9.82. The molecule has 1 saturated heterocycles. The summed E-state index contributed by atoms with van der Waals surface area (Å²) < 4.78 is 0.